The van der Waals surface area contributed by atoms with Gasteiger partial charge in [-0.15, -0.1) is 11.3 Å². The number of carbonyl (C=O) groups excluding carboxylic acids is 3. The van der Waals surface area contributed by atoms with E-state index in [9.17, 15) is 14.4 Å². The average molecular weight is 401 g/mol. The van der Waals surface area contributed by atoms with E-state index in [1.54, 1.807) is 17.4 Å². The molecule has 1 aromatic carbocycles. The van der Waals surface area contributed by atoms with Crippen molar-refractivity contribution in [2.45, 2.75) is 19.3 Å². The number of amides is 3. The number of carbonyl (C=O) groups is 3. The van der Waals surface area contributed by atoms with E-state index in [2.05, 4.69) is 11.4 Å². The molecule has 0 radical (unpaired) electrons. The first-order chi connectivity index (χ1) is 13.1. The van der Waals surface area contributed by atoms with Gasteiger partial charge in [0.15, 0.2) is 0 Å². The molecule has 3 rings (SSSR count). The van der Waals surface area contributed by atoms with Gasteiger partial charge in [-0.2, -0.15) is 0 Å². The van der Waals surface area contributed by atoms with Crippen molar-refractivity contribution < 1.29 is 14.4 Å². The molecule has 0 aliphatic carbocycles. The van der Waals surface area contributed by atoms with E-state index >= 15 is 0 Å². The normalized spacial score (nSPS) is 15.6. The van der Waals surface area contributed by atoms with E-state index in [1.165, 1.54) is 9.78 Å². The molecular weight excluding hydrogens is 380 g/mol. The zero-order valence-electron chi connectivity index (χ0n) is 14.7. The highest BCUT2D eigenvalue weighted by atomic mass is 32.2. The second-order valence-corrected chi connectivity index (χ2v) is 8.05. The molecular formula is C20H20N2O3S2. The Balaban J connectivity index is 1.42. The second-order valence-electron chi connectivity index (χ2n) is 6.03. The predicted molar refractivity (Wildman–Crippen MR) is 109 cm³/mol. The van der Waals surface area contributed by atoms with Gasteiger partial charge < -0.3 is 5.32 Å². The van der Waals surface area contributed by atoms with Crippen molar-refractivity contribution in [2.24, 2.45) is 0 Å². The van der Waals surface area contributed by atoms with Crippen molar-refractivity contribution >= 4 is 46.2 Å². The highest BCUT2D eigenvalue weighted by Gasteiger charge is 2.34. The third kappa shape index (κ3) is 5.55. The van der Waals surface area contributed by atoms with Gasteiger partial charge in [0.25, 0.3) is 11.1 Å². The van der Waals surface area contributed by atoms with Gasteiger partial charge >= 0.3 is 0 Å². The third-order valence-corrected chi connectivity index (χ3v) is 5.88. The third-order valence-electron chi connectivity index (χ3n) is 4.04. The number of rotatable bonds is 8. The van der Waals surface area contributed by atoms with Crippen LogP contribution in [0.25, 0.3) is 6.08 Å². The Kier molecular flexibility index (Phi) is 6.84. The lowest BCUT2D eigenvalue weighted by atomic mass is 10.2. The molecule has 2 heterocycles. The Hall–Kier alpha value is -2.38. The largest absolute Gasteiger partial charge is 0.354 e. The van der Waals surface area contributed by atoms with Crippen molar-refractivity contribution in [2.75, 3.05) is 13.1 Å². The number of thioether (sulfide) groups is 1. The van der Waals surface area contributed by atoms with Crippen LogP contribution in [0, 0.1) is 0 Å². The van der Waals surface area contributed by atoms with Gasteiger partial charge in [0.2, 0.25) is 5.91 Å². The summed E-state index contributed by atoms with van der Waals surface area (Å²) in [6.07, 6.45) is 3.83. The van der Waals surface area contributed by atoms with E-state index in [0.29, 0.717) is 11.3 Å². The number of hydrogen-bond donors (Lipinski definition) is 1. The van der Waals surface area contributed by atoms with E-state index in [4.69, 9.17) is 0 Å². The summed E-state index contributed by atoms with van der Waals surface area (Å²) in [4.78, 5) is 39.3. The molecule has 2 aromatic rings. The van der Waals surface area contributed by atoms with Crippen LogP contribution >= 0.6 is 23.1 Å². The van der Waals surface area contributed by atoms with Crippen molar-refractivity contribution in [3.63, 3.8) is 0 Å². The van der Waals surface area contributed by atoms with Crippen LogP contribution in [0.2, 0.25) is 0 Å². The number of aryl methyl sites for hydroxylation is 1. The van der Waals surface area contributed by atoms with Crippen LogP contribution in [0.5, 0.6) is 0 Å². The molecule has 27 heavy (non-hydrogen) atoms. The molecule has 1 N–H and O–H groups in total. The van der Waals surface area contributed by atoms with Gasteiger partial charge in [-0.1, -0.05) is 36.4 Å². The fourth-order valence-electron chi connectivity index (χ4n) is 2.67. The first kappa shape index (κ1) is 19.4. The molecule has 7 heteroatoms. The van der Waals surface area contributed by atoms with Gasteiger partial charge in [-0.3, -0.25) is 19.3 Å². The first-order valence-electron chi connectivity index (χ1n) is 8.73. The summed E-state index contributed by atoms with van der Waals surface area (Å²) in [5, 5.41) is 4.51. The standard InChI is InChI=1S/C20H20N2O3S2/c23-18(10-4-8-16-9-5-13-26-16)21-11-12-22-19(24)17(27-20(22)25)14-15-6-2-1-3-7-15/h1-3,5-7,9,13-14H,4,8,10-12H2,(H,21,23)/b17-14-. The van der Waals surface area contributed by atoms with Gasteiger partial charge in [-0.25, -0.2) is 0 Å². The Morgan fingerprint density at radius 2 is 1.93 bits per heavy atom. The molecule has 1 saturated heterocycles. The molecule has 0 saturated carbocycles. The molecule has 3 amide bonds. The van der Waals surface area contributed by atoms with Crippen molar-refractivity contribution in [3.05, 3.63) is 63.2 Å². The average Bonchev–Trinajstić information content (AvgIpc) is 3.26. The number of nitrogens with one attached hydrogen (secondary N) is 1. The smallest absolute Gasteiger partial charge is 0.293 e. The molecule has 0 unspecified atom stereocenters. The maximum absolute atomic E-state index is 12.4. The molecule has 1 aliphatic heterocycles. The fraction of sp³-hybridized carbons (Fsp3) is 0.250. The summed E-state index contributed by atoms with van der Waals surface area (Å²) < 4.78 is 0. The molecule has 0 spiro atoms. The van der Waals surface area contributed by atoms with Gasteiger partial charge in [-0.05, 0) is 47.7 Å². The van der Waals surface area contributed by atoms with E-state index in [1.807, 2.05) is 41.8 Å². The Morgan fingerprint density at radius 3 is 2.67 bits per heavy atom. The lowest BCUT2D eigenvalue weighted by Crippen LogP contribution is -2.37. The minimum absolute atomic E-state index is 0.0571. The fourth-order valence-corrected chi connectivity index (χ4v) is 4.28. The lowest BCUT2D eigenvalue weighted by molar-refractivity contribution is -0.124. The van der Waals surface area contributed by atoms with Gasteiger partial charge in [0, 0.05) is 24.4 Å². The maximum atomic E-state index is 12.4. The zero-order chi connectivity index (χ0) is 19.1. The molecule has 0 atom stereocenters. The maximum Gasteiger partial charge on any atom is 0.293 e. The summed E-state index contributed by atoms with van der Waals surface area (Å²) in [6.45, 7) is 0.460. The van der Waals surface area contributed by atoms with Crippen molar-refractivity contribution in [3.8, 4) is 0 Å². The molecule has 0 bridgehead atoms. The topological polar surface area (TPSA) is 66.5 Å². The Morgan fingerprint density at radius 1 is 1.11 bits per heavy atom. The van der Waals surface area contributed by atoms with E-state index in [-0.39, 0.29) is 30.1 Å². The van der Waals surface area contributed by atoms with E-state index in [0.717, 1.165) is 30.2 Å². The SMILES string of the molecule is O=C(CCCc1cccs1)NCCN1C(=O)S/C(=C\c2ccccc2)C1=O. The van der Waals surface area contributed by atoms with Crippen molar-refractivity contribution in [1.29, 1.82) is 0 Å². The summed E-state index contributed by atoms with van der Waals surface area (Å²) in [5.41, 5.74) is 0.877. The van der Waals surface area contributed by atoms with Crippen LogP contribution in [-0.2, 0) is 16.0 Å². The van der Waals surface area contributed by atoms with Crippen LogP contribution in [-0.4, -0.2) is 35.0 Å². The van der Waals surface area contributed by atoms with Crippen LogP contribution in [0.1, 0.15) is 23.3 Å². The van der Waals surface area contributed by atoms with Crippen LogP contribution in [0.3, 0.4) is 0 Å². The summed E-state index contributed by atoms with van der Waals surface area (Å²) in [7, 11) is 0. The lowest BCUT2D eigenvalue weighted by Gasteiger charge is -2.13. The van der Waals surface area contributed by atoms with Crippen LogP contribution in [0.15, 0.2) is 52.7 Å². The van der Waals surface area contributed by atoms with Gasteiger partial charge in [0.1, 0.15) is 0 Å². The van der Waals surface area contributed by atoms with Gasteiger partial charge in [0.05, 0.1) is 4.91 Å². The number of hydrogen-bond acceptors (Lipinski definition) is 5. The molecule has 1 aliphatic rings. The van der Waals surface area contributed by atoms with Crippen LogP contribution < -0.4 is 5.32 Å². The molecule has 1 fully saturated rings. The monoisotopic (exact) mass is 400 g/mol. The highest BCUT2D eigenvalue weighted by molar-refractivity contribution is 8.18. The quantitative estimate of drug-likeness (QED) is 0.682. The summed E-state index contributed by atoms with van der Waals surface area (Å²) in [6, 6.07) is 13.5. The number of benzene rings is 1. The number of nitrogens with zero attached hydrogens (tertiary/aromatic N) is 1. The molecule has 5 nitrogen and oxygen atoms in total. The highest BCUT2D eigenvalue weighted by Crippen LogP contribution is 2.31. The minimum Gasteiger partial charge on any atom is -0.354 e. The summed E-state index contributed by atoms with van der Waals surface area (Å²) >= 11 is 2.62. The second kappa shape index (κ2) is 9.53. The van der Waals surface area contributed by atoms with Crippen molar-refractivity contribution in [1.82, 2.24) is 10.2 Å². The number of imide groups is 1. The first-order valence-corrected chi connectivity index (χ1v) is 10.4. The predicted octanol–water partition coefficient (Wildman–Crippen LogP) is 3.92. The molecule has 140 valence electrons. The van der Waals surface area contributed by atoms with E-state index < -0.39 is 0 Å². The zero-order valence-corrected chi connectivity index (χ0v) is 16.4. The molecule has 1 aromatic heterocycles. The Labute approximate surface area is 166 Å². The number of thiophene rings is 1. The summed E-state index contributed by atoms with van der Waals surface area (Å²) in [5.74, 6) is -0.362. The minimum atomic E-state index is -0.305. The Bertz CT molecular complexity index is 832. The van der Waals surface area contributed by atoms with Crippen LogP contribution in [0.4, 0.5) is 4.79 Å².